The van der Waals surface area contributed by atoms with Gasteiger partial charge in [-0.25, -0.2) is 9.59 Å². The summed E-state index contributed by atoms with van der Waals surface area (Å²) in [6, 6.07) is 0. The van der Waals surface area contributed by atoms with E-state index in [1.807, 2.05) is 0 Å². The number of esters is 2. The van der Waals surface area contributed by atoms with Crippen molar-refractivity contribution in [1.29, 1.82) is 0 Å². The Hall–Kier alpha value is -1.56. The average molecular weight is 384 g/mol. The van der Waals surface area contributed by atoms with Gasteiger partial charge in [0.2, 0.25) is 0 Å². The fourth-order valence-corrected chi connectivity index (χ4v) is 1.38. The lowest BCUT2D eigenvalue weighted by Crippen LogP contribution is -2.58. The van der Waals surface area contributed by atoms with Crippen LogP contribution in [0.5, 0.6) is 0 Å². The minimum Gasteiger partial charge on any atom is -0.464 e. The second kappa shape index (κ2) is 9.80. The van der Waals surface area contributed by atoms with Crippen LogP contribution in [0.2, 0.25) is 0 Å². The highest BCUT2D eigenvalue weighted by Gasteiger charge is 2.71. The van der Waals surface area contributed by atoms with Crippen LogP contribution in [-0.4, -0.2) is 69.3 Å². The number of rotatable bonds is 12. The Morgan fingerprint density at radius 2 is 1.04 bits per heavy atom. The number of hydrogen-bond acceptors (Lipinski definition) is 6. The van der Waals surface area contributed by atoms with Crippen LogP contribution in [-0.2, 0) is 28.5 Å². The molecule has 0 N–H and O–H groups in total. The molecule has 0 heterocycles. The number of hydrogen-bond donors (Lipinski definition) is 0. The topological polar surface area (TPSA) is 71.1 Å². The van der Waals surface area contributed by atoms with E-state index in [0.29, 0.717) is 0 Å². The summed E-state index contributed by atoms with van der Waals surface area (Å²) >= 11 is 0. The molecule has 25 heavy (non-hydrogen) atoms. The lowest BCUT2D eigenvalue weighted by molar-refractivity contribution is -0.328. The Labute approximate surface area is 139 Å². The van der Waals surface area contributed by atoms with E-state index in [1.165, 1.54) is 13.8 Å². The maximum absolute atomic E-state index is 13.4. The maximum atomic E-state index is 13.4. The summed E-state index contributed by atoms with van der Waals surface area (Å²) < 4.78 is 97.0. The van der Waals surface area contributed by atoms with Crippen molar-refractivity contribution in [3.63, 3.8) is 0 Å². The SMILES string of the molecule is CCOC(=O)COCC(F)(F)C(F)(F)C(F)(F)COCC(=O)OCC. The van der Waals surface area contributed by atoms with Crippen LogP contribution >= 0.6 is 0 Å². The van der Waals surface area contributed by atoms with Crippen molar-refractivity contribution < 1.29 is 54.9 Å². The third kappa shape index (κ3) is 7.06. The highest BCUT2D eigenvalue weighted by molar-refractivity contribution is 5.70. The molecular formula is C13H18F6O6. The van der Waals surface area contributed by atoms with Gasteiger partial charge in [0, 0.05) is 0 Å². The van der Waals surface area contributed by atoms with Gasteiger partial charge in [-0.15, -0.1) is 0 Å². The highest BCUT2D eigenvalue weighted by atomic mass is 19.3. The Morgan fingerprint density at radius 1 is 0.720 bits per heavy atom. The fraction of sp³-hybridized carbons (Fsp3) is 0.846. The summed E-state index contributed by atoms with van der Waals surface area (Å²) in [5, 5.41) is 0. The summed E-state index contributed by atoms with van der Waals surface area (Å²) in [5.41, 5.74) is 0. The van der Waals surface area contributed by atoms with E-state index in [-0.39, 0.29) is 13.2 Å². The molecule has 0 radical (unpaired) electrons. The molecule has 0 bridgehead atoms. The summed E-state index contributed by atoms with van der Waals surface area (Å²) in [7, 11) is 0. The summed E-state index contributed by atoms with van der Waals surface area (Å²) in [4.78, 5) is 21.7. The zero-order chi connectivity index (χ0) is 19.7. The number of carbonyl (C=O) groups excluding carboxylic acids is 2. The minimum absolute atomic E-state index is 0.107. The fourth-order valence-electron chi connectivity index (χ4n) is 1.38. The molecule has 0 spiro atoms. The van der Waals surface area contributed by atoms with Crippen molar-refractivity contribution in [2.45, 2.75) is 31.6 Å². The Balaban J connectivity index is 4.68. The van der Waals surface area contributed by atoms with Gasteiger partial charge in [0.25, 0.3) is 0 Å². The van der Waals surface area contributed by atoms with Crippen LogP contribution in [0.25, 0.3) is 0 Å². The largest absolute Gasteiger partial charge is 0.464 e. The minimum atomic E-state index is -5.86. The van der Waals surface area contributed by atoms with Crippen molar-refractivity contribution in [1.82, 2.24) is 0 Å². The van der Waals surface area contributed by atoms with Gasteiger partial charge in [-0.1, -0.05) is 0 Å². The molecule has 0 aromatic heterocycles. The lowest BCUT2D eigenvalue weighted by Gasteiger charge is -2.32. The average Bonchev–Trinajstić information content (AvgIpc) is 2.47. The van der Waals surface area contributed by atoms with Crippen molar-refractivity contribution in [2.24, 2.45) is 0 Å². The first kappa shape index (κ1) is 23.4. The van der Waals surface area contributed by atoms with Crippen LogP contribution < -0.4 is 0 Å². The van der Waals surface area contributed by atoms with E-state index in [2.05, 4.69) is 18.9 Å². The maximum Gasteiger partial charge on any atom is 0.376 e. The van der Waals surface area contributed by atoms with Gasteiger partial charge in [0.15, 0.2) is 0 Å². The molecule has 0 aliphatic heterocycles. The molecule has 0 rings (SSSR count). The molecule has 0 fully saturated rings. The first-order valence-corrected chi connectivity index (χ1v) is 7.01. The molecule has 0 amide bonds. The zero-order valence-electron chi connectivity index (χ0n) is 13.5. The first-order chi connectivity index (χ1) is 11.4. The normalized spacial score (nSPS) is 12.8. The second-order valence-corrected chi connectivity index (χ2v) is 4.58. The molecule has 0 aliphatic carbocycles. The van der Waals surface area contributed by atoms with Gasteiger partial charge in [-0.05, 0) is 13.8 Å². The van der Waals surface area contributed by atoms with Crippen LogP contribution in [0.1, 0.15) is 13.8 Å². The van der Waals surface area contributed by atoms with E-state index in [9.17, 15) is 35.9 Å². The molecule has 0 saturated heterocycles. The Kier molecular flexibility index (Phi) is 9.19. The lowest BCUT2D eigenvalue weighted by atomic mass is 10.1. The predicted octanol–water partition coefficient (Wildman–Crippen LogP) is 2.05. The molecule has 0 saturated carbocycles. The molecule has 0 aliphatic rings. The van der Waals surface area contributed by atoms with Crippen LogP contribution in [0.15, 0.2) is 0 Å². The van der Waals surface area contributed by atoms with Crippen molar-refractivity contribution in [3.05, 3.63) is 0 Å². The highest BCUT2D eigenvalue weighted by Crippen LogP contribution is 2.45. The second-order valence-electron chi connectivity index (χ2n) is 4.58. The first-order valence-electron chi connectivity index (χ1n) is 7.01. The Bertz CT molecular complexity index is 405. The number of halogens is 6. The summed E-state index contributed by atoms with van der Waals surface area (Å²) in [6.07, 6.45) is 0. The van der Waals surface area contributed by atoms with Crippen molar-refractivity contribution in [2.75, 3.05) is 39.6 Å². The van der Waals surface area contributed by atoms with Gasteiger partial charge >= 0.3 is 29.7 Å². The smallest absolute Gasteiger partial charge is 0.376 e. The molecule has 0 atom stereocenters. The van der Waals surface area contributed by atoms with Gasteiger partial charge < -0.3 is 18.9 Å². The van der Waals surface area contributed by atoms with Gasteiger partial charge in [-0.3, -0.25) is 0 Å². The van der Waals surface area contributed by atoms with Crippen LogP contribution in [0.4, 0.5) is 26.3 Å². The third-order valence-corrected chi connectivity index (χ3v) is 2.54. The monoisotopic (exact) mass is 384 g/mol. The molecule has 0 aromatic carbocycles. The Morgan fingerprint density at radius 3 is 1.32 bits per heavy atom. The predicted molar refractivity (Wildman–Crippen MR) is 69.7 cm³/mol. The molecule has 0 unspecified atom stereocenters. The molecule has 6 nitrogen and oxygen atoms in total. The summed E-state index contributed by atoms with van der Waals surface area (Å²) in [6.45, 7) is -3.92. The van der Waals surface area contributed by atoms with Crippen molar-refractivity contribution >= 4 is 11.9 Å². The number of carbonyl (C=O) groups is 2. The van der Waals surface area contributed by atoms with Crippen molar-refractivity contribution in [3.8, 4) is 0 Å². The van der Waals surface area contributed by atoms with Gasteiger partial charge in [0.1, 0.15) is 26.4 Å². The number of alkyl halides is 6. The number of ether oxygens (including phenoxy) is 4. The van der Waals surface area contributed by atoms with E-state index >= 15 is 0 Å². The molecule has 148 valence electrons. The third-order valence-electron chi connectivity index (χ3n) is 2.54. The van der Waals surface area contributed by atoms with E-state index < -0.39 is 56.1 Å². The molecular weight excluding hydrogens is 366 g/mol. The molecule has 0 aromatic rings. The quantitative estimate of drug-likeness (QED) is 0.379. The van der Waals surface area contributed by atoms with Gasteiger partial charge in [0.05, 0.1) is 13.2 Å². The van der Waals surface area contributed by atoms with Crippen LogP contribution in [0, 0.1) is 0 Å². The van der Waals surface area contributed by atoms with Crippen LogP contribution in [0.3, 0.4) is 0 Å². The summed E-state index contributed by atoms with van der Waals surface area (Å²) in [5.74, 6) is -18.7. The van der Waals surface area contributed by atoms with E-state index in [0.717, 1.165) is 0 Å². The molecule has 12 heteroatoms. The standard InChI is InChI=1S/C13H18F6O6/c1-3-24-9(20)5-22-7-11(14,15)13(18,19)12(16,17)8-23-6-10(21)25-4-2/h3-8H2,1-2H3. The van der Waals surface area contributed by atoms with E-state index in [4.69, 9.17) is 0 Å². The zero-order valence-corrected chi connectivity index (χ0v) is 13.5. The van der Waals surface area contributed by atoms with Gasteiger partial charge in [-0.2, -0.15) is 26.3 Å². The van der Waals surface area contributed by atoms with E-state index in [1.54, 1.807) is 0 Å².